The number of carboxylic acids is 1. The molecule has 380 valence electrons. The van der Waals surface area contributed by atoms with Crippen LogP contribution in [0.4, 0.5) is 4.79 Å². The van der Waals surface area contributed by atoms with E-state index in [4.69, 9.17) is 71.4 Å². The van der Waals surface area contributed by atoms with E-state index in [-0.39, 0.29) is 50.6 Å². The molecule has 0 aliphatic heterocycles. The maximum Gasteiger partial charge on any atom is 0.409 e. The van der Waals surface area contributed by atoms with E-state index < -0.39 is 5.97 Å². The lowest BCUT2D eigenvalue weighted by molar-refractivity contribution is -0.146. The number of unbranched alkanes of at least 4 members (excludes halogenated alkanes) is 1. The van der Waals surface area contributed by atoms with Gasteiger partial charge in [0.05, 0.1) is 159 Å². The van der Waals surface area contributed by atoms with Gasteiger partial charge in [0.1, 0.15) is 13.2 Å². The Bertz CT molecular complexity index is 1510. The van der Waals surface area contributed by atoms with Crippen LogP contribution in [0.1, 0.15) is 42.7 Å². The van der Waals surface area contributed by atoms with E-state index in [1.165, 1.54) is 27.2 Å². The molecule has 0 atom stereocenters. The van der Waals surface area contributed by atoms with Gasteiger partial charge in [-0.3, -0.25) is 9.59 Å². The van der Waals surface area contributed by atoms with Crippen molar-refractivity contribution in [3.8, 4) is 11.1 Å². The fourth-order valence-electron chi connectivity index (χ4n) is 6.35. The summed E-state index contributed by atoms with van der Waals surface area (Å²) in [7, 11) is 1.71. The third kappa shape index (κ3) is 29.0. The third-order valence-electron chi connectivity index (χ3n) is 9.82. The van der Waals surface area contributed by atoms with Crippen molar-refractivity contribution in [1.29, 1.82) is 0 Å². The van der Waals surface area contributed by atoms with E-state index in [0.29, 0.717) is 171 Å². The number of carbonyl (C=O) groups excluding carboxylic acids is 2. The molecule has 0 bridgehead atoms. The van der Waals surface area contributed by atoms with E-state index in [0.717, 1.165) is 0 Å². The maximum absolute atomic E-state index is 12.6. The fourth-order valence-corrected chi connectivity index (χ4v) is 6.35. The molecular weight excluding hydrogens is 879 g/mol. The summed E-state index contributed by atoms with van der Waals surface area (Å²) in [5.41, 5.74) is 4.77. The SMILES string of the molecule is CN(CCOCCOCCOCCOCCOCCOCCOCCOCCOCCOCCOCCOCCOC(=O)CCCCC(=O)O)C(=O)OCC1c2ccccc2-c2ccccc21. The number of carboxylic acid groups (broad SMARTS) is 1. The minimum absolute atomic E-state index is 0.0294. The molecule has 19 nitrogen and oxygen atoms in total. The zero-order valence-electron chi connectivity index (χ0n) is 39.5. The molecule has 19 heteroatoms. The average molecular weight is 954 g/mol. The fraction of sp³-hybridized carbons (Fsp3) is 0.688. The summed E-state index contributed by atoms with van der Waals surface area (Å²) in [5, 5.41) is 8.57. The predicted octanol–water partition coefficient (Wildman–Crippen LogP) is 4.25. The number of carbonyl (C=O) groups is 3. The summed E-state index contributed by atoms with van der Waals surface area (Å²) in [4.78, 5) is 36.1. The van der Waals surface area contributed by atoms with Crippen molar-refractivity contribution in [3.05, 3.63) is 59.7 Å². The van der Waals surface area contributed by atoms with Gasteiger partial charge in [-0.25, -0.2) is 4.79 Å². The van der Waals surface area contributed by atoms with Crippen LogP contribution < -0.4 is 0 Å². The largest absolute Gasteiger partial charge is 0.481 e. The van der Waals surface area contributed by atoms with Crippen molar-refractivity contribution in [1.82, 2.24) is 4.90 Å². The number of likely N-dealkylation sites (N-methyl/N-ethyl adjacent to an activating group) is 1. The Morgan fingerprint density at radius 3 is 1.10 bits per heavy atom. The number of rotatable bonds is 46. The van der Waals surface area contributed by atoms with E-state index in [1.807, 2.05) is 24.3 Å². The number of fused-ring (bicyclic) bond motifs is 3. The molecule has 0 heterocycles. The summed E-state index contributed by atoms with van der Waals surface area (Å²) in [5.74, 6) is -1.19. The number of hydrogen-bond donors (Lipinski definition) is 1. The summed E-state index contributed by atoms with van der Waals surface area (Å²) < 4.78 is 76.7. The van der Waals surface area contributed by atoms with Crippen LogP contribution in [0.15, 0.2) is 48.5 Å². The van der Waals surface area contributed by atoms with E-state index in [9.17, 15) is 14.4 Å². The first-order chi connectivity index (χ1) is 33.0. The Morgan fingerprint density at radius 2 is 0.746 bits per heavy atom. The van der Waals surface area contributed by atoms with Crippen LogP contribution in [-0.4, -0.2) is 213 Å². The van der Waals surface area contributed by atoms with Gasteiger partial charge >= 0.3 is 18.0 Å². The highest BCUT2D eigenvalue weighted by molar-refractivity contribution is 5.79. The van der Waals surface area contributed by atoms with Gasteiger partial charge in [-0.1, -0.05) is 48.5 Å². The predicted molar refractivity (Wildman–Crippen MR) is 245 cm³/mol. The molecule has 0 unspecified atom stereocenters. The lowest BCUT2D eigenvalue weighted by Crippen LogP contribution is -2.32. The lowest BCUT2D eigenvalue weighted by atomic mass is 9.98. The molecule has 0 saturated heterocycles. The second kappa shape index (κ2) is 40.1. The summed E-state index contributed by atoms with van der Waals surface area (Å²) in [6.07, 6.45) is 0.838. The number of nitrogens with zero attached hydrogens (tertiary/aromatic N) is 1. The van der Waals surface area contributed by atoms with Crippen molar-refractivity contribution < 1.29 is 85.8 Å². The number of hydrogen-bond acceptors (Lipinski definition) is 17. The summed E-state index contributed by atoms with van der Waals surface area (Å²) in [6, 6.07) is 16.5. The molecule has 1 aliphatic rings. The molecule has 0 radical (unpaired) electrons. The number of amides is 1. The first-order valence-electron chi connectivity index (χ1n) is 23.3. The van der Waals surface area contributed by atoms with Crippen molar-refractivity contribution in [3.63, 3.8) is 0 Å². The zero-order valence-corrected chi connectivity index (χ0v) is 39.5. The van der Waals surface area contributed by atoms with Crippen LogP contribution in [0.3, 0.4) is 0 Å². The van der Waals surface area contributed by atoms with Crippen molar-refractivity contribution in [2.24, 2.45) is 0 Å². The smallest absolute Gasteiger partial charge is 0.409 e. The standard InChI is InChI=1S/C48H75NO18/c1-49(48(53)67-40-45-43-10-4-2-8-41(43)42-9-3-5-11-44(42)45)14-15-54-16-17-55-18-19-56-20-21-57-22-23-58-24-25-59-26-27-60-28-29-61-30-31-62-32-33-63-34-35-64-36-37-65-38-39-66-47(52)13-7-6-12-46(50)51/h2-5,8-11,45H,6-7,12-40H2,1H3,(H,50,51). The zero-order chi connectivity index (χ0) is 47.7. The molecule has 1 aliphatic carbocycles. The minimum atomic E-state index is -0.867. The molecule has 1 amide bonds. The van der Waals surface area contributed by atoms with Gasteiger partial charge in [-0.15, -0.1) is 0 Å². The van der Waals surface area contributed by atoms with Crippen LogP contribution in [0.5, 0.6) is 0 Å². The van der Waals surface area contributed by atoms with E-state index >= 15 is 0 Å². The summed E-state index contributed by atoms with van der Waals surface area (Å²) >= 11 is 0. The van der Waals surface area contributed by atoms with Crippen LogP contribution in [0.2, 0.25) is 0 Å². The van der Waals surface area contributed by atoms with Gasteiger partial charge in [0, 0.05) is 32.4 Å². The second-order valence-corrected chi connectivity index (χ2v) is 14.9. The topological polar surface area (TPSA) is 204 Å². The van der Waals surface area contributed by atoms with Gasteiger partial charge in [-0.2, -0.15) is 0 Å². The highest BCUT2D eigenvalue weighted by Crippen LogP contribution is 2.44. The second-order valence-electron chi connectivity index (χ2n) is 14.9. The van der Waals surface area contributed by atoms with Crippen LogP contribution in [-0.2, 0) is 75.9 Å². The van der Waals surface area contributed by atoms with Crippen LogP contribution in [0, 0.1) is 0 Å². The molecule has 3 rings (SSSR count). The molecule has 1 N–H and O–H groups in total. The van der Waals surface area contributed by atoms with Gasteiger partial charge in [0.25, 0.3) is 0 Å². The Balaban J connectivity index is 0.920. The van der Waals surface area contributed by atoms with Gasteiger partial charge in [0.2, 0.25) is 0 Å². The highest BCUT2D eigenvalue weighted by Gasteiger charge is 2.29. The molecule has 67 heavy (non-hydrogen) atoms. The summed E-state index contributed by atoms with van der Waals surface area (Å²) in [6.45, 7) is 11.5. The Kier molecular flexibility index (Phi) is 34.4. The number of aliphatic carboxylic acids is 1. The van der Waals surface area contributed by atoms with Gasteiger partial charge < -0.3 is 76.3 Å². The number of ether oxygens (including phenoxy) is 14. The molecule has 0 fully saturated rings. The molecule has 2 aromatic carbocycles. The van der Waals surface area contributed by atoms with Gasteiger partial charge in [0.15, 0.2) is 0 Å². The first-order valence-corrected chi connectivity index (χ1v) is 23.3. The molecular formula is C48H75NO18. The normalized spacial score (nSPS) is 12.0. The number of esters is 1. The molecule has 0 spiro atoms. The van der Waals surface area contributed by atoms with Crippen molar-refractivity contribution in [2.75, 3.05) is 185 Å². The number of benzene rings is 2. The average Bonchev–Trinajstić information content (AvgIpc) is 3.65. The third-order valence-corrected chi connectivity index (χ3v) is 9.82. The molecule has 2 aromatic rings. The van der Waals surface area contributed by atoms with Gasteiger partial charge in [-0.05, 0) is 35.1 Å². The highest BCUT2D eigenvalue weighted by atomic mass is 16.6. The Hall–Kier alpha value is -3.83. The van der Waals surface area contributed by atoms with Crippen LogP contribution >= 0.6 is 0 Å². The van der Waals surface area contributed by atoms with Crippen molar-refractivity contribution in [2.45, 2.75) is 31.6 Å². The first kappa shape index (κ1) is 57.5. The Morgan fingerprint density at radius 1 is 0.433 bits per heavy atom. The molecule has 0 saturated carbocycles. The maximum atomic E-state index is 12.6. The van der Waals surface area contributed by atoms with E-state index in [2.05, 4.69) is 24.3 Å². The van der Waals surface area contributed by atoms with Crippen molar-refractivity contribution >= 4 is 18.0 Å². The minimum Gasteiger partial charge on any atom is -0.481 e. The Labute approximate surface area is 395 Å². The van der Waals surface area contributed by atoms with Crippen LogP contribution in [0.25, 0.3) is 11.1 Å². The lowest BCUT2D eigenvalue weighted by Gasteiger charge is -2.19. The molecule has 0 aromatic heterocycles. The van der Waals surface area contributed by atoms with E-state index in [1.54, 1.807) is 7.05 Å². The quantitative estimate of drug-likeness (QED) is 0.0728. The monoisotopic (exact) mass is 953 g/mol.